The van der Waals surface area contributed by atoms with Gasteiger partial charge in [-0.25, -0.2) is 15.0 Å². The number of thioether (sulfide) groups is 1. The molecule has 8 heteroatoms. The number of rotatable bonds is 4. The molecule has 0 unspecified atom stereocenters. The summed E-state index contributed by atoms with van der Waals surface area (Å²) >= 11 is 1.89. The zero-order valence-electron chi connectivity index (χ0n) is 16.6. The molecule has 0 spiro atoms. The molecule has 7 nitrogen and oxygen atoms in total. The standard InChI is InChI=1S/C22H20N6OS/c1-12-18(16-4-3-5-17-19(16)24-11-28(17)2)27-20(21(23)29)22(25-12)26-15-7-6-13-9-30-10-14(13)8-15/h3-8,11H,9-10H2,1-2H3,(H2,23,29)(H,25,26). The number of benzene rings is 2. The van der Waals surface area contributed by atoms with Crippen LogP contribution in [0.2, 0.25) is 0 Å². The Hall–Kier alpha value is -3.39. The number of amides is 1. The van der Waals surface area contributed by atoms with Gasteiger partial charge in [-0.05, 0) is 36.2 Å². The monoisotopic (exact) mass is 416 g/mol. The van der Waals surface area contributed by atoms with Crippen LogP contribution >= 0.6 is 11.8 Å². The summed E-state index contributed by atoms with van der Waals surface area (Å²) in [5.41, 5.74) is 13.2. The first-order valence-corrected chi connectivity index (χ1v) is 10.7. The van der Waals surface area contributed by atoms with Gasteiger partial charge < -0.3 is 15.6 Å². The van der Waals surface area contributed by atoms with E-state index >= 15 is 0 Å². The number of fused-ring (bicyclic) bond motifs is 2. The molecule has 4 aromatic rings. The summed E-state index contributed by atoms with van der Waals surface area (Å²) in [6.07, 6.45) is 1.76. The minimum atomic E-state index is -0.629. The normalized spacial score (nSPS) is 12.9. The van der Waals surface area contributed by atoms with Crippen LogP contribution in [0.4, 0.5) is 11.5 Å². The molecule has 1 amide bonds. The van der Waals surface area contributed by atoms with E-state index in [-0.39, 0.29) is 5.69 Å². The molecule has 0 fully saturated rings. The van der Waals surface area contributed by atoms with Gasteiger partial charge in [-0.2, -0.15) is 11.8 Å². The van der Waals surface area contributed by atoms with Gasteiger partial charge in [0.2, 0.25) is 0 Å². The van der Waals surface area contributed by atoms with Crippen LogP contribution in [0.1, 0.15) is 27.3 Å². The van der Waals surface area contributed by atoms with Crippen LogP contribution in [-0.4, -0.2) is 25.4 Å². The Balaban J connectivity index is 1.60. The number of aryl methyl sites for hydroxylation is 2. The summed E-state index contributed by atoms with van der Waals surface area (Å²) in [6, 6.07) is 12.1. The van der Waals surface area contributed by atoms with Crippen molar-refractivity contribution in [2.75, 3.05) is 5.32 Å². The number of imidazole rings is 1. The quantitative estimate of drug-likeness (QED) is 0.523. The van der Waals surface area contributed by atoms with Gasteiger partial charge in [0.15, 0.2) is 11.5 Å². The highest BCUT2D eigenvalue weighted by molar-refractivity contribution is 7.98. The average molecular weight is 417 g/mol. The van der Waals surface area contributed by atoms with Crippen LogP contribution in [0.25, 0.3) is 22.3 Å². The van der Waals surface area contributed by atoms with Crippen molar-refractivity contribution >= 4 is 40.2 Å². The molecule has 0 aliphatic carbocycles. The molecule has 3 heterocycles. The molecule has 150 valence electrons. The first-order chi connectivity index (χ1) is 14.5. The van der Waals surface area contributed by atoms with Gasteiger partial charge in [0.05, 0.1) is 28.7 Å². The molecule has 2 aromatic heterocycles. The third-order valence-electron chi connectivity index (χ3n) is 5.30. The molecule has 0 saturated heterocycles. The maximum atomic E-state index is 12.2. The highest BCUT2D eigenvalue weighted by Gasteiger charge is 2.20. The van der Waals surface area contributed by atoms with Gasteiger partial charge >= 0.3 is 0 Å². The topological polar surface area (TPSA) is 98.7 Å². The molecule has 1 aliphatic rings. The lowest BCUT2D eigenvalue weighted by atomic mass is 10.1. The second-order valence-electron chi connectivity index (χ2n) is 7.35. The molecular formula is C22H20N6OS. The number of carbonyl (C=O) groups is 1. The van der Waals surface area contributed by atoms with Crippen molar-refractivity contribution in [3.8, 4) is 11.3 Å². The summed E-state index contributed by atoms with van der Waals surface area (Å²) < 4.78 is 1.94. The zero-order valence-corrected chi connectivity index (χ0v) is 17.5. The van der Waals surface area contributed by atoms with Crippen molar-refractivity contribution < 1.29 is 4.79 Å². The maximum Gasteiger partial charge on any atom is 0.271 e. The molecule has 0 bridgehead atoms. The van der Waals surface area contributed by atoms with Crippen molar-refractivity contribution in [2.24, 2.45) is 12.8 Å². The van der Waals surface area contributed by atoms with E-state index in [2.05, 4.69) is 32.4 Å². The van der Waals surface area contributed by atoms with Crippen molar-refractivity contribution in [2.45, 2.75) is 18.4 Å². The van der Waals surface area contributed by atoms with E-state index in [1.807, 2.05) is 54.6 Å². The van der Waals surface area contributed by atoms with Crippen molar-refractivity contribution in [1.82, 2.24) is 19.5 Å². The van der Waals surface area contributed by atoms with Crippen LogP contribution in [0.15, 0.2) is 42.7 Å². The number of para-hydroxylation sites is 1. The summed E-state index contributed by atoms with van der Waals surface area (Å²) in [6.45, 7) is 1.87. The number of carbonyl (C=O) groups excluding carboxylic acids is 1. The largest absolute Gasteiger partial charge is 0.364 e. The van der Waals surface area contributed by atoms with E-state index in [1.165, 1.54) is 11.1 Å². The second-order valence-corrected chi connectivity index (χ2v) is 8.33. The van der Waals surface area contributed by atoms with E-state index in [0.717, 1.165) is 33.8 Å². The summed E-state index contributed by atoms with van der Waals surface area (Å²) in [5, 5.41) is 3.24. The minimum Gasteiger partial charge on any atom is -0.364 e. The first-order valence-electron chi connectivity index (χ1n) is 9.56. The molecule has 5 rings (SSSR count). The Bertz CT molecular complexity index is 1310. The Morgan fingerprint density at radius 1 is 1.17 bits per heavy atom. The zero-order chi connectivity index (χ0) is 20.8. The highest BCUT2D eigenvalue weighted by atomic mass is 32.2. The fourth-order valence-electron chi connectivity index (χ4n) is 3.77. The number of aromatic nitrogens is 4. The highest BCUT2D eigenvalue weighted by Crippen LogP contribution is 2.33. The molecule has 1 aliphatic heterocycles. The lowest BCUT2D eigenvalue weighted by Gasteiger charge is -2.14. The fourth-order valence-corrected chi connectivity index (χ4v) is 4.86. The number of anilines is 2. The van der Waals surface area contributed by atoms with Gasteiger partial charge in [0, 0.05) is 29.8 Å². The summed E-state index contributed by atoms with van der Waals surface area (Å²) in [7, 11) is 1.94. The van der Waals surface area contributed by atoms with Crippen LogP contribution in [-0.2, 0) is 18.6 Å². The first kappa shape index (κ1) is 18.6. The fraction of sp³-hybridized carbons (Fsp3) is 0.182. The van der Waals surface area contributed by atoms with Gasteiger partial charge in [-0.1, -0.05) is 18.2 Å². The second kappa shape index (κ2) is 7.14. The number of nitrogens with two attached hydrogens (primary N) is 1. The van der Waals surface area contributed by atoms with E-state index in [0.29, 0.717) is 17.2 Å². The molecular weight excluding hydrogens is 396 g/mol. The molecule has 3 N–H and O–H groups in total. The predicted molar refractivity (Wildman–Crippen MR) is 120 cm³/mol. The lowest BCUT2D eigenvalue weighted by molar-refractivity contribution is 0.0996. The number of nitrogens with zero attached hydrogens (tertiary/aromatic N) is 4. The van der Waals surface area contributed by atoms with E-state index in [1.54, 1.807) is 6.33 Å². The van der Waals surface area contributed by atoms with Crippen LogP contribution in [0, 0.1) is 6.92 Å². The smallest absolute Gasteiger partial charge is 0.271 e. The molecule has 2 aromatic carbocycles. The van der Waals surface area contributed by atoms with E-state index in [4.69, 9.17) is 5.73 Å². The number of primary amides is 1. The molecule has 0 saturated carbocycles. The Morgan fingerprint density at radius 3 is 2.83 bits per heavy atom. The van der Waals surface area contributed by atoms with Gasteiger partial charge in [0.25, 0.3) is 5.91 Å². The Morgan fingerprint density at radius 2 is 2.00 bits per heavy atom. The lowest BCUT2D eigenvalue weighted by Crippen LogP contribution is -2.18. The van der Waals surface area contributed by atoms with Crippen molar-refractivity contribution in [3.05, 3.63) is 65.2 Å². The van der Waals surface area contributed by atoms with Crippen LogP contribution in [0.3, 0.4) is 0 Å². The summed E-state index contributed by atoms with van der Waals surface area (Å²) in [4.78, 5) is 26.0. The van der Waals surface area contributed by atoms with Crippen LogP contribution < -0.4 is 11.1 Å². The SMILES string of the molecule is Cc1nc(Nc2ccc3c(c2)CSC3)c(C(N)=O)nc1-c1cccc2c1ncn2C. The third-order valence-corrected chi connectivity index (χ3v) is 6.33. The van der Waals surface area contributed by atoms with Gasteiger partial charge in [0.1, 0.15) is 0 Å². The van der Waals surface area contributed by atoms with E-state index < -0.39 is 5.91 Å². The number of nitrogens with one attached hydrogen (secondary N) is 1. The summed E-state index contributed by atoms with van der Waals surface area (Å²) in [5.74, 6) is 1.76. The van der Waals surface area contributed by atoms with E-state index in [9.17, 15) is 4.79 Å². The average Bonchev–Trinajstić information content (AvgIpc) is 3.34. The maximum absolute atomic E-state index is 12.2. The third kappa shape index (κ3) is 3.09. The molecule has 0 radical (unpaired) electrons. The number of hydrogen-bond acceptors (Lipinski definition) is 6. The predicted octanol–water partition coefficient (Wildman–Crippen LogP) is 3.93. The van der Waals surface area contributed by atoms with Crippen molar-refractivity contribution in [3.63, 3.8) is 0 Å². The Kier molecular flexibility index (Phi) is 4.43. The molecule has 0 atom stereocenters. The van der Waals surface area contributed by atoms with Gasteiger partial charge in [-0.15, -0.1) is 0 Å². The van der Waals surface area contributed by atoms with Crippen LogP contribution in [0.5, 0.6) is 0 Å². The van der Waals surface area contributed by atoms with Crippen molar-refractivity contribution in [1.29, 1.82) is 0 Å². The Labute approximate surface area is 177 Å². The van der Waals surface area contributed by atoms with Gasteiger partial charge in [-0.3, -0.25) is 4.79 Å². The number of hydrogen-bond donors (Lipinski definition) is 2. The minimum absolute atomic E-state index is 0.110. The molecule has 30 heavy (non-hydrogen) atoms.